The third kappa shape index (κ3) is 7.54. The van der Waals surface area contributed by atoms with E-state index in [1.165, 1.54) is 0 Å². The van der Waals surface area contributed by atoms with Crippen LogP contribution >= 0.6 is 0 Å². The smallest absolute Gasteiger partial charge is 0.243 e. The van der Waals surface area contributed by atoms with Crippen LogP contribution in [0.2, 0.25) is 0 Å². The molecule has 0 aliphatic heterocycles. The van der Waals surface area contributed by atoms with Crippen LogP contribution in [0.5, 0.6) is 0 Å². The number of nitrogens with one attached hydrogen (secondary N) is 1. The number of carbonyl (C=O) groups excluding carboxylic acids is 2. The van der Waals surface area contributed by atoms with Crippen LogP contribution < -0.4 is 5.32 Å². The van der Waals surface area contributed by atoms with Gasteiger partial charge in [-0.2, -0.15) is 0 Å². The van der Waals surface area contributed by atoms with E-state index in [-0.39, 0.29) is 18.2 Å². The summed E-state index contributed by atoms with van der Waals surface area (Å²) in [5.41, 5.74) is 5.97. The molecule has 0 saturated carbocycles. The van der Waals surface area contributed by atoms with Crippen molar-refractivity contribution in [3.63, 3.8) is 0 Å². The van der Waals surface area contributed by atoms with Crippen molar-refractivity contribution in [2.75, 3.05) is 0 Å². The standard InChI is InChI=1S/C31H38N2O2/c1-22-16-17-24(3)27(18-22)20-29(34)33(21-26-15-11-10-12-23(26)2)28(30(35)32-31(4,5)6)19-25-13-8-7-9-14-25/h7-18,28H,19-21H2,1-6H3,(H,32,35)/t28-/m0/s1. The Kier molecular flexibility index (Phi) is 8.50. The monoisotopic (exact) mass is 470 g/mol. The normalized spacial score (nSPS) is 12.2. The minimum absolute atomic E-state index is 0.0491. The molecule has 4 nitrogen and oxygen atoms in total. The Morgan fingerprint density at radius 1 is 0.829 bits per heavy atom. The quantitative estimate of drug-likeness (QED) is 0.458. The second-order valence-corrected chi connectivity index (χ2v) is 10.5. The van der Waals surface area contributed by atoms with Crippen LogP contribution in [0.15, 0.2) is 72.8 Å². The fourth-order valence-corrected chi connectivity index (χ4v) is 4.23. The molecule has 0 fully saturated rings. The first kappa shape index (κ1) is 26.2. The molecule has 0 saturated heterocycles. The molecule has 0 spiro atoms. The van der Waals surface area contributed by atoms with Gasteiger partial charge in [0.1, 0.15) is 6.04 Å². The van der Waals surface area contributed by atoms with Gasteiger partial charge in [0.15, 0.2) is 0 Å². The number of carbonyl (C=O) groups is 2. The van der Waals surface area contributed by atoms with Crippen molar-refractivity contribution in [2.24, 2.45) is 0 Å². The van der Waals surface area contributed by atoms with E-state index in [0.29, 0.717) is 13.0 Å². The fourth-order valence-electron chi connectivity index (χ4n) is 4.23. The zero-order chi connectivity index (χ0) is 25.6. The first-order chi connectivity index (χ1) is 16.5. The summed E-state index contributed by atoms with van der Waals surface area (Å²) in [6.07, 6.45) is 0.709. The van der Waals surface area contributed by atoms with Gasteiger partial charge < -0.3 is 10.2 Å². The fraction of sp³-hybridized carbons (Fsp3) is 0.355. The van der Waals surface area contributed by atoms with Gasteiger partial charge in [-0.1, -0.05) is 78.4 Å². The Balaban J connectivity index is 2.03. The third-order valence-corrected chi connectivity index (χ3v) is 6.22. The van der Waals surface area contributed by atoms with E-state index in [0.717, 1.165) is 33.4 Å². The number of benzene rings is 3. The summed E-state index contributed by atoms with van der Waals surface area (Å²) in [6.45, 7) is 12.4. The lowest BCUT2D eigenvalue weighted by Gasteiger charge is -2.34. The highest BCUT2D eigenvalue weighted by atomic mass is 16.2. The molecule has 0 bridgehead atoms. The molecule has 0 radical (unpaired) electrons. The van der Waals surface area contributed by atoms with Gasteiger partial charge in [-0.15, -0.1) is 0 Å². The Morgan fingerprint density at radius 3 is 2.11 bits per heavy atom. The predicted molar refractivity (Wildman–Crippen MR) is 143 cm³/mol. The van der Waals surface area contributed by atoms with E-state index in [1.807, 2.05) is 96.1 Å². The highest BCUT2D eigenvalue weighted by Gasteiger charge is 2.32. The Labute approximate surface area is 210 Å². The number of hydrogen-bond donors (Lipinski definition) is 1. The lowest BCUT2D eigenvalue weighted by Crippen LogP contribution is -2.54. The van der Waals surface area contributed by atoms with Gasteiger partial charge in [-0.25, -0.2) is 0 Å². The molecule has 4 heteroatoms. The van der Waals surface area contributed by atoms with Crippen LogP contribution in [0.25, 0.3) is 0 Å². The maximum absolute atomic E-state index is 13.9. The zero-order valence-corrected chi connectivity index (χ0v) is 21.9. The SMILES string of the molecule is Cc1ccc(C)c(CC(=O)N(Cc2ccccc2C)[C@@H](Cc2ccccc2)C(=O)NC(C)(C)C)c1. The van der Waals surface area contributed by atoms with Gasteiger partial charge in [0.25, 0.3) is 0 Å². The average Bonchev–Trinajstić information content (AvgIpc) is 2.79. The number of nitrogens with zero attached hydrogens (tertiary/aromatic N) is 1. The average molecular weight is 471 g/mol. The van der Waals surface area contributed by atoms with Crippen LogP contribution in [0.3, 0.4) is 0 Å². The first-order valence-corrected chi connectivity index (χ1v) is 12.3. The summed E-state index contributed by atoms with van der Waals surface area (Å²) >= 11 is 0. The largest absolute Gasteiger partial charge is 0.350 e. The van der Waals surface area contributed by atoms with Crippen LogP contribution in [0.4, 0.5) is 0 Å². The van der Waals surface area contributed by atoms with Crippen molar-refractivity contribution in [3.05, 3.63) is 106 Å². The molecular weight excluding hydrogens is 432 g/mol. The van der Waals surface area contributed by atoms with Gasteiger partial charge >= 0.3 is 0 Å². The van der Waals surface area contributed by atoms with Gasteiger partial charge in [0.05, 0.1) is 6.42 Å². The topological polar surface area (TPSA) is 49.4 Å². The summed E-state index contributed by atoms with van der Waals surface area (Å²) in [4.78, 5) is 29.4. The Morgan fingerprint density at radius 2 is 1.46 bits per heavy atom. The van der Waals surface area contributed by atoms with E-state index in [4.69, 9.17) is 0 Å². The maximum atomic E-state index is 13.9. The predicted octanol–water partition coefficient (Wildman–Crippen LogP) is 5.71. The molecule has 0 aliphatic rings. The highest BCUT2D eigenvalue weighted by molar-refractivity contribution is 5.89. The van der Waals surface area contributed by atoms with E-state index in [2.05, 4.69) is 23.5 Å². The van der Waals surface area contributed by atoms with Crippen molar-refractivity contribution < 1.29 is 9.59 Å². The number of aryl methyl sites for hydroxylation is 3. The molecule has 0 aliphatic carbocycles. The van der Waals surface area contributed by atoms with Crippen LogP contribution in [-0.2, 0) is 29.0 Å². The van der Waals surface area contributed by atoms with Crippen molar-refractivity contribution in [1.29, 1.82) is 0 Å². The second-order valence-electron chi connectivity index (χ2n) is 10.5. The van der Waals surface area contributed by atoms with Crippen LogP contribution in [-0.4, -0.2) is 28.3 Å². The lowest BCUT2D eigenvalue weighted by atomic mass is 9.98. The van der Waals surface area contributed by atoms with E-state index >= 15 is 0 Å². The second kappa shape index (κ2) is 11.4. The van der Waals surface area contributed by atoms with Crippen molar-refractivity contribution in [2.45, 2.75) is 72.5 Å². The molecule has 184 valence electrons. The molecule has 0 heterocycles. The van der Waals surface area contributed by atoms with Crippen molar-refractivity contribution in [1.82, 2.24) is 10.2 Å². The molecule has 0 unspecified atom stereocenters. The Bertz CT molecular complexity index is 1160. The Hall–Kier alpha value is -3.40. The van der Waals surface area contributed by atoms with Gasteiger partial charge in [0, 0.05) is 18.5 Å². The summed E-state index contributed by atoms with van der Waals surface area (Å²) < 4.78 is 0. The number of rotatable bonds is 8. The van der Waals surface area contributed by atoms with Gasteiger partial charge in [-0.05, 0) is 69.4 Å². The zero-order valence-electron chi connectivity index (χ0n) is 21.9. The molecule has 35 heavy (non-hydrogen) atoms. The summed E-state index contributed by atoms with van der Waals surface area (Å²) in [7, 11) is 0. The third-order valence-electron chi connectivity index (χ3n) is 6.22. The molecule has 1 N–H and O–H groups in total. The summed E-state index contributed by atoms with van der Waals surface area (Å²) in [5.74, 6) is -0.184. The van der Waals surface area contributed by atoms with Crippen LogP contribution in [0.1, 0.15) is 54.2 Å². The minimum Gasteiger partial charge on any atom is -0.350 e. The molecule has 2 amide bonds. The molecule has 3 rings (SSSR count). The molecule has 1 atom stereocenters. The first-order valence-electron chi connectivity index (χ1n) is 12.3. The van der Waals surface area contributed by atoms with E-state index < -0.39 is 11.6 Å². The minimum atomic E-state index is -0.631. The molecule has 0 aromatic heterocycles. The lowest BCUT2D eigenvalue weighted by molar-refractivity contribution is -0.141. The van der Waals surface area contributed by atoms with Crippen molar-refractivity contribution >= 4 is 11.8 Å². The van der Waals surface area contributed by atoms with E-state index in [9.17, 15) is 9.59 Å². The van der Waals surface area contributed by atoms with Crippen molar-refractivity contribution in [3.8, 4) is 0 Å². The van der Waals surface area contributed by atoms with Gasteiger partial charge in [-0.3, -0.25) is 9.59 Å². The summed E-state index contributed by atoms with van der Waals surface area (Å²) in [6, 6.07) is 23.5. The number of hydrogen-bond acceptors (Lipinski definition) is 2. The van der Waals surface area contributed by atoms with E-state index in [1.54, 1.807) is 4.90 Å². The van der Waals surface area contributed by atoms with Gasteiger partial charge in [0.2, 0.25) is 11.8 Å². The maximum Gasteiger partial charge on any atom is 0.243 e. The molecular formula is C31H38N2O2. The number of amides is 2. The molecule has 3 aromatic carbocycles. The highest BCUT2D eigenvalue weighted by Crippen LogP contribution is 2.20. The summed E-state index contributed by atoms with van der Waals surface area (Å²) in [5, 5.41) is 3.13. The molecule has 3 aromatic rings. The van der Waals surface area contributed by atoms with Crippen LogP contribution in [0, 0.1) is 20.8 Å².